The molecule has 6 heterocycles. The minimum absolute atomic E-state index is 0. The Labute approximate surface area is 195 Å². The van der Waals surface area contributed by atoms with Crippen molar-refractivity contribution < 1.29 is 0 Å². The molecule has 0 atom stereocenters. The Hall–Kier alpha value is -3.45. The van der Waals surface area contributed by atoms with Crippen molar-refractivity contribution in [2.24, 2.45) is 0 Å². The Balaban J connectivity index is 0.00000204. The maximum Gasteiger partial charge on any atom is 0.0723 e. The number of H-pyrrole nitrogens is 2. The summed E-state index contributed by atoms with van der Waals surface area (Å²) < 4.78 is 0. The molecule has 0 amide bonds. The van der Waals surface area contributed by atoms with Crippen LogP contribution in [0.3, 0.4) is 0 Å². The van der Waals surface area contributed by atoms with E-state index in [-0.39, 0.29) is 23.9 Å². The van der Waals surface area contributed by atoms with E-state index in [4.69, 9.17) is 4.98 Å². The first-order valence-corrected chi connectivity index (χ1v) is 9.78. The number of aromatic amines is 2. The first-order valence-electron chi connectivity index (χ1n) is 9.78. The van der Waals surface area contributed by atoms with E-state index < -0.39 is 0 Å². The molecule has 0 saturated carbocycles. The summed E-state index contributed by atoms with van der Waals surface area (Å²) in [4.78, 5) is 20.9. The van der Waals surface area contributed by atoms with E-state index in [2.05, 4.69) is 50.3 Å². The summed E-state index contributed by atoms with van der Waals surface area (Å²) in [5.74, 6) is 0. The van der Waals surface area contributed by atoms with Crippen LogP contribution in [0.15, 0.2) is 66.9 Å². The van der Waals surface area contributed by atoms with Gasteiger partial charge in [0.25, 0.3) is 0 Å². The molecule has 6 rings (SSSR count). The molecule has 6 heteroatoms. The van der Waals surface area contributed by atoms with Crippen molar-refractivity contribution in [3.63, 3.8) is 0 Å². The molecular formula is C25H17N5Sn. The third-order valence-corrected chi connectivity index (χ3v) is 5.11. The van der Waals surface area contributed by atoms with Crippen LogP contribution in [0.4, 0.5) is 0 Å². The van der Waals surface area contributed by atoms with Gasteiger partial charge >= 0.3 is 0 Å². The second-order valence-corrected chi connectivity index (χ2v) is 7.30. The van der Waals surface area contributed by atoms with Crippen LogP contribution >= 0.6 is 0 Å². The van der Waals surface area contributed by atoms with E-state index in [1.54, 1.807) is 0 Å². The molecule has 146 valence electrons. The van der Waals surface area contributed by atoms with Gasteiger partial charge < -0.3 is 9.97 Å². The van der Waals surface area contributed by atoms with Crippen LogP contribution in [-0.4, -0.2) is 48.8 Å². The molecule has 5 nitrogen and oxygen atoms in total. The largest absolute Gasteiger partial charge is 0.355 e. The molecule has 0 aliphatic carbocycles. The number of pyridine rings is 1. The minimum atomic E-state index is 0. The van der Waals surface area contributed by atoms with Gasteiger partial charge in [0, 0.05) is 52.2 Å². The number of hydrogen-bond donors (Lipinski definition) is 2. The number of rotatable bonds is 1. The molecule has 0 unspecified atom stereocenters. The van der Waals surface area contributed by atoms with Crippen molar-refractivity contribution in [2.75, 3.05) is 0 Å². The number of nitrogens with one attached hydrogen (secondary N) is 2. The maximum atomic E-state index is 4.74. The van der Waals surface area contributed by atoms with Crippen LogP contribution in [0, 0.1) is 0 Å². The Kier molecular flexibility index (Phi) is 5.03. The molecule has 8 bridgehead atoms. The van der Waals surface area contributed by atoms with Gasteiger partial charge in [-0.1, -0.05) is 6.07 Å². The van der Waals surface area contributed by atoms with Gasteiger partial charge in [-0.25, -0.2) is 9.97 Å². The molecule has 0 aromatic carbocycles. The third-order valence-electron chi connectivity index (χ3n) is 5.11. The molecule has 2 aliphatic rings. The molecule has 31 heavy (non-hydrogen) atoms. The average Bonchev–Trinajstić information content (AvgIpc) is 3.53. The molecule has 4 aromatic rings. The normalized spacial score (nSPS) is 12.0. The summed E-state index contributed by atoms with van der Waals surface area (Å²) in [5, 5.41) is 0. The van der Waals surface area contributed by atoms with Crippen molar-refractivity contribution in [3.05, 3.63) is 89.6 Å². The zero-order valence-electron chi connectivity index (χ0n) is 16.5. The summed E-state index contributed by atoms with van der Waals surface area (Å²) in [6.45, 7) is 0. The van der Waals surface area contributed by atoms with Crippen LogP contribution in [0.2, 0.25) is 0 Å². The van der Waals surface area contributed by atoms with E-state index in [1.807, 2.05) is 60.8 Å². The van der Waals surface area contributed by atoms with Gasteiger partial charge in [-0.3, -0.25) is 4.98 Å². The van der Waals surface area contributed by atoms with E-state index >= 15 is 0 Å². The van der Waals surface area contributed by atoms with Crippen LogP contribution in [0.1, 0.15) is 22.8 Å². The fraction of sp³-hybridized carbons (Fsp3) is 0. The molecule has 0 saturated heterocycles. The summed E-state index contributed by atoms with van der Waals surface area (Å²) in [5.41, 5.74) is 9.54. The quantitative estimate of drug-likeness (QED) is 0.296. The summed E-state index contributed by atoms with van der Waals surface area (Å²) >= 11 is 0. The Morgan fingerprint density at radius 3 is 1.97 bits per heavy atom. The molecule has 4 aromatic heterocycles. The molecule has 2 N–H and O–H groups in total. The van der Waals surface area contributed by atoms with Gasteiger partial charge in [-0.05, 0) is 78.9 Å². The van der Waals surface area contributed by atoms with Crippen LogP contribution in [0.5, 0.6) is 0 Å². The van der Waals surface area contributed by atoms with Crippen molar-refractivity contribution in [3.8, 4) is 11.3 Å². The van der Waals surface area contributed by atoms with E-state index in [0.717, 1.165) is 56.1 Å². The first-order chi connectivity index (χ1) is 14.8. The maximum absolute atomic E-state index is 4.74. The standard InChI is InChI=1S/C25H17N5.Sn/c1-2-10-26-24(3-1)23-14-22-13-20-7-6-18(28-20)11-16-4-5-17(27-16)12-19-8-9-21(29-19)15-25(23)30-22;/h1-15,28,30H;. The molecule has 2 aliphatic heterocycles. The fourth-order valence-electron chi connectivity index (χ4n) is 3.75. The molecule has 4 radical (unpaired) electrons. The summed E-state index contributed by atoms with van der Waals surface area (Å²) in [6.07, 6.45) is 9.86. The summed E-state index contributed by atoms with van der Waals surface area (Å²) in [7, 11) is 0. The fourth-order valence-corrected chi connectivity index (χ4v) is 3.75. The Morgan fingerprint density at radius 2 is 1.26 bits per heavy atom. The zero-order valence-corrected chi connectivity index (χ0v) is 19.4. The van der Waals surface area contributed by atoms with Crippen molar-refractivity contribution in [2.45, 2.75) is 0 Å². The zero-order chi connectivity index (χ0) is 19.9. The minimum Gasteiger partial charge on any atom is -0.355 e. The van der Waals surface area contributed by atoms with Crippen molar-refractivity contribution >= 4 is 70.3 Å². The van der Waals surface area contributed by atoms with Gasteiger partial charge in [0.1, 0.15) is 0 Å². The Morgan fingerprint density at radius 1 is 0.581 bits per heavy atom. The van der Waals surface area contributed by atoms with Gasteiger partial charge in [0.05, 0.1) is 34.0 Å². The second-order valence-electron chi connectivity index (χ2n) is 7.30. The van der Waals surface area contributed by atoms with E-state index in [0.29, 0.717) is 0 Å². The predicted molar refractivity (Wildman–Crippen MR) is 128 cm³/mol. The van der Waals surface area contributed by atoms with Crippen molar-refractivity contribution in [1.82, 2.24) is 24.9 Å². The SMILES string of the molecule is C1=Cc2cc3ccc(cc4cc(-c5ccccn5)c(cc5nc(cc1n2)C=C5)[nH]4)[nH]3.[Sn]. The van der Waals surface area contributed by atoms with Gasteiger partial charge in [0.2, 0.25) is 0 Å². The van der Waals surface area contributed by atoms with Crippen LogP contribution in [-0.2, 0) is 0 Å². The van der Waals surface area contributed by atoms with E-state index in [1.165, 1.54) is 0 Å². The molecule has 0 spiro atoms. The summed E-state index contributed by atoms with van der Waals surface area (Å²) in [6, 6.07) is 20.4. The van der Waals surface area contributed by atoms with E-state index in [9.17, 15) is 0 Å². The smallest absolute Gasteiger partial charge is 0.0723 e. The van der Waals surface area contributed by atoms with Gasteiger partial charge in [-0.15, -0.1) is 0 Å². The number of nitrogens with zero attached hydrogens (tertiary/aromatic N) is 3. The number of aromatic nitrogens is 5. The molecule has 0 fully saturated rings. The number of fused-ring (bicyclic) bond motifs is 8. The van der Waals surface area contributed by atoms with Gasteiger partial charge in [0.15, 0.2) is 0 Å². The molecular weight excluding hydrogens is 489 g/mol. The van der Waals surface area contributed by atoms with Crippen LogP contribution < -0.4 is 0 Å². The number of hydrogen-bond acceptors (Lipinski definition) is 3. The average molecular weight is 506 g/mol. The Bertz CT molecular complexity index is 1490. The van der Waals surface area contributed by atoms with Crippen LogP contribution in [0.25, 0.3) is 57.6 Å². The third kappa shape index (κ3) is 3.96. The topological polar surface area (TPSA) is 70.2 Å². The van der Waals surface area contributed by atoms with Gasteiger partial charge in [-0.2, -0.15) is 0 Å². The second kappa shape index (κ2) is 8.00. The first kappa shape index (κ1) is 19.5. The monoisotopic (exact) mass is 507 g/mol. The predicted octanol–water partition coefficient (Wildman–Crippen LogP) is 5.34. The van der Waals surface area contributed by atoms with Crippen molar-refractivity contribution in [1.29, 1.82) is 0 Å².